The lowest BCUT2D eigenvalue weighted by atomic mass is 10.8. The molecule has 0 aliphatic carbocycles. The Morgan fingerprint density at radius 1 is 1.78 bits per heavy atom. The summed E-state index contributed by atoms with van der Waals surface area (Å²) in [6.07, 6.45) is 0. The average Bonchev–Trinajstić information content (AvgIpc) is 2.14. The van der Waals surface area contributed by atoms with Crippen LogP contribution in [0.3, 0.4) is 0 Å². The smallest absolute Gasteiger partial charge is 0.390 e. The second-order valence-electron chi connectivity index (χ2n) is 1.46. The molecule has 1 N–H and O–H groups in total. The molecule has 0 saturated heterocycles. The van der Waals surface area contributed by atoms with E-state index in [1.54, 1.807) is 6.92 Å². The molecule has 1 rings (SSSR count). The molecule has 1 heterocycles. The lowest BCUT2D eigenvalue weighted by Crippen LogP contribution is -1.89. The van der Waals surface area contributed by atoms with Crippen molar-refractivity contribution in [2.75, 3.05) is 0 Å². The monoisotopic (exact) mass is 128 g/mol. The maximum atomic E-state index is 9.89. The summed E-state index contributed by atoms with van der Waals surface area (Å²) in [5.41, 5.74) is 0. The van der Waals surface area contributed by atoms with Crippen LogP contribution < -0.4 is 0 Å². The van der Waals surface area contributed by atoms with Crippen molar-refractivity contribution >= 4 is 5.95 Å². The van der Waals surface area contributed by atoms with Crippen LogP contribution in [0, 0.1) is 17.0 Å². The molecule has 1 aromatic heterocycles. The first-order valence-corrected chi connectivity index (χ1v) is 2.23. The highest BCUT2D eigenvalue weighted by atomic mass is 16.6. The van der Waals surface area contributed by atoms with E-state index in [0.29, 0.717) is 5.82 Å². The molecule has 1 aromatic rings. The van der Waals surface area contributed by atoms with Crippen LogP contribution in [-0.4, -0.2) is 20.1 Å². The van der Waals surface area contributed by atoms with Gasteiger partial charge in [0.05, 0.1) is 0 Å². The number of nitro groups is 1. The number of rotatable bonds is 1. The van der Waals surface area contributed by atoms with Crippen LogP contribution in [0.25, 0.3) is 0 Å². The highest BCUT2D eigenvalue weighted by Crippen LogP contribution is 1.98. The van der Waals surface area contributed by atoms with E-state index in [-0.39, 0.29) is 5.95 Å². The van der Waals surface area contributed by atoms with Crippen molar-refractivity contribution in [1.29, 1.82) is 0 Å². The molecular weight excluding hydrogens is 124 g/mol. The normalized spacial score (nSPS) is 9.44. The summed E-state index contributed by atoms with van der Waals surface area (Å²) in [7, 11) is 0. The SMILES string of the molecule is Cc1n[nH]c([N+](=O)[O-])n1. The van der Waals surface area contributed by atoms with Crippen molar-refractivity contribution in [2.45, 2.75) is 6.92 Å². The van der Waals surface area contributed by atoms with Crippen molar-refractivity contribution in [2.24, 2.45) is 0 Å². The Labute approximate surface area is 50.1 Å². The zero-order valence-corrected chi connectivity index (χ0v) is 4.66. The number of nitrogens with one attached hydrogen (secondary N) is 1. The van der Waals surface area contributed by atoms with Gasteiger partial charge in [-0.3, -0.25) is 0 Å². The van der Waals surface area contributed by atoms with Crippen LogP contribution in [0.1, 0.15) is 5.82 Å². The van der Waals surface area contributed by atoms with E-state index in [0.717, 1.165) is 0 Å². The molecule has 6 heteroatoms. The first-order valence-electron chi connectivity index (χ1n) is 2.23. The maximum Gasteiger partial charge on any atom is 0.453 e. The molecule has 0 aromatic carbocycles. The van der Waals surface area contributed by atoms with Gasteiger partial charge >= 0.3 is 5.95 Å². The number of hydrogen-bond acceptors (Lipinski definition) is 4. The lowest BCUT2D eigenvalue weighted by Gasteiger charge is -1.82. The van der Waals surface area contributed by atoms with Gasteiger partial charge in [-0.25, -0.2) is 0 Å². The molecule has 0 aliphatic rings. The molecule has 0 spiro atoms. The summed E-state index contributed by atoms with van der Waals surface area (Å²) in [6.45, 7) is 1.57. The third-order valence-corrected chi connectivity index (χ3v) is 0.758. The van der Waals surface area contributed by atoms with E-state index in [1.807, 2.05) is 0 Å². The molecule has 0 amide bonds. The molecule has 0 bridgehead atoms. The number of hydrogen-bond donors (Lipinski definition) is 1. The fraction of sp³-hybridized carbons (Fsp3) is 0.333. The zero-order valence-electron chi connectivity index (χ0n) is 4.66. The topological polar surface area (TPSA) is 84.7 Å². The largest absolute Gasteiger partial charge is 0.453 e. The molecule has 48 valence electrons. The minimum absolute atomic E-state index is 0.312. The zero-order chi connectivity index (χ0) is 6.85. The summed E-state index contributed by atoms with van der Waals surface area (Å²) in [5.74, 6) is 0.0641. The van der Waals surface area contributed by atoms with Crippen LogP contribution in [0.5, 0.6) is 0 Å². The number of H-pyrrole nitrogens is 1. The lowest BCUT2D eigenvalue weighted by molar-refractivity contribution is -0.394. The Kier molecular flexibility index (Phi) is 1.14. The molecular formula is C3H4N4O2. The van der Waals surface area contributed by atoms with Gasteiger partial charge in [-0.2, -0.15) is 0 Å². The average molecular weight is 128 g/mol. The Balaban J connectivity index is 2.98. The van der Waals surface area contributed by atoms with Gasteiger partial charge in [-0.05, 0) is 9.91 Å². The fourth-order valence-corrected chi connectivity index (χ4v) is 0.416. The van der Waals surface area contributed by atoms with Crippen molar-refractivity contribution < 1.29 is 4.92 Å². The van der Waals surface area contributed by atoms with Crippen molar-refractivity contribution in [3.05, 3.63) is 15.9 Å². The van der Waals surface area contributed by atoms with Gasteiger partial charge in [0.25, 0.3) is 0 Å². The Hall–Kier alpha value is -1.46. The third-order valence-electron chi connectivity index (χ3n) is 0.758. The number of aryl methyl sites for hydroxylation is 1. The summed E-state index contributed by atoms with van der Waals surface area (Å²) in [4.78, 5) is 12.7. The fourth-order valence-electron chi connectivity index (χ4n) is 0.416. The summed E-state index contributed by atoms with van der Waals surface area (Å²) < 4.78 is 0. The predicted octanol–water partition coefficient (Wildman–Crippen LogP) is 0.0213. The molecule has 6 nitrogen and oxygen atoms in total. The Bertz CT molecular complexity index is 229. The van der Waals surface area contributed by atoms with E-state index in [2.05, 4.69) is 15.2 Å². The molecule has 0 saturated carbocycles. The summed E-state index contributed by atoms with van der Waals surface area (Å²) in [5, 5.41) is 15.5. The number of nitrogens with zero attached hydrogens (tertiary/aromatic N) is 3. The minimum atomic E-state index is -0.625. The first-order chi connectivity index (χ1) is 4.20. The van der Waals surface area contributed by atoms with Crippen molar-refractivity contribution in [1.82, 2.24) is 15.2 Å². The number of aromatic amines is 1. The van der Waals surface area contributed by atoms with Gasteiger partial charge < -0.3 is 10.1 Å². The van der Waals surface area contributed by atoms with E-state index in [9.17, 15) is 10.1 Å². The van der Waals surface area contributed by atoms with Crippen LogP contribution >= 0.6 is 0 Å². The summed E-state index contributed by atoms with van der Waals surface area (Å²) >= 11 is 0. The second-order valence-corrected chi connectivity index (χ2v) is 1.46. The summed E-state index contributed by atoms with van der Waals surface area (Å²) in [6, 6.07) is 0. The van der Waals surface area contributed by atoms with Gasteiger partial charge in [0.15, 0.2) is 0 Å². The number of aromatic nitrogens is 3. The van der Waals surface area contributed by atoms with Crippen LogP contribution in [-0.2, 0) is 0 Å². The molecule has 0 radical (unpaired) electrons. The second kappa shape index (κ2) is 1.81. The molecule has 0 unspecified atom stereocenters. The standard InChI is InChI=1S/C3H4N4O2/c1-2-4-3(6-5-2)7(8)9/h1H3,(H,4,5,6). The van der Waals surface area contributed by atoms with E-state index >= 15 is 0 Å². The van der Waals surface area contributed by atoms with Crippen LogP contribution in [0.2, 0.25) is 0 Å². The molecule has 0 fully saturated rings. The first kappa shape index (κ1) is 5.67. The Morgan fingerprint density at radius 3 is 2.67 bits per heavy atom. The van der Waals surface area contributed by atoms with Gasteiger partial charge in [-0.15, -0.1) is 5.10 Å². The highest BCUT2D eigenvalue weighted by molar-refractivity contribution is 5.00. The molecule has 9 heavy (non-hydrogen) atoms. The van der Waals surface area contributed by atoms with Gasteiger partial charge in [-0.1, -0.05) is 5.10 Å². The maximum absolute atomic E-state index is 9.89. The molecule has 0 aliphatic heterocycles. The quantitative estimate of drug-likeness (QED) is 0.426. The van der Waals surface area contributed by atoms with Crippen molar-refractivity contribution in [3.63, 3.8) is 0 Å². The van der Waals surface area contributed by atoms with E-state index in [4.69, 9.17) is 0 Å². The predicted molar refractivity (Wildman–Crippen MR) is 27.8 cm³/mol. The third kappa shape index (κ3) is 1.01. The Morgan fingerprint density at radius 2 is 2.44 bits per heavy atom. The van der Waals surface area contributed by atoms with Gasteiger partial charge in [0.2, 0.25) is 5.82 Å². The van der Waals surface area contributed by atoms with Crippen molar-refractivity contribution in [3.8, 4) is 0 Å². The van der Waals surface area contributed by atoms with Crippen LogP contribution in [0.15, 0.2) is 0 Å². The van der Waals surface area contributed by atoms with E-state index in [1.165, 1.54) is 0 Å². The minimum Gasteiger partial charge on any atom is -0.390 e. The molecule has 0 atom stereocenters. The van der Waals surface area contributed by atoms with E-state index < -0.39 is 4.92 Å². The highest BCUT2D eigenvalue weighted by Gasteiger charge is 2.08. The van der Waals surface area contributed by atoms with Gasteiger partial charge in [0, 0.05) is 6.92 Å². The van der Waals surface area contributed by atoms with Gasteiger partial charge in [0.1, 0.15) is 0 Å². The van der Waals surface area contributed by atoms with Crippen LogP contribution in [0.4, 0.5) is 5.95 Å².